The van der Waals surface area contributed by atoms with Crippen LogP contribution in [0.1, 0.15) is 19.2 Å². The minimum absolute atomic E-state index is 0.0160. The fourth-order valence-corrected chi connectivity index (χ4v) is 3.40. The molecule has 7 nitrogen and oxygen atoms in total. The molecule has 2 amide bonds. The van der Waals surface area contributed by atoms with E-state index in [1.807, 2.05) is 25.2 Å². The zero-order valence-corrected chi connectivity index (χ0v) is 15.9. The Balaban J connectivity index is 1.45. The SMILES string of the molecule is CCN1CCC(CNC(=O)N(C)CCc2nc3ccc(OC)cc3[nH]2)C1. The first-order valence-electron chi connectivity index (χ1n) is 9.33. The van der Waals surface area contributed by atoms with Gasteiger partial charge in [-0.1, -0.05) is 6.92 Å². The standard InChI is InChI=1S/C19H29N5O2/c1-4-24-10-7-14(13-24)12-20-19(25)23(2)9-8-18-21-16-6-5-15(26-3)11-17(16)22-18/h5-6,11,14H,4,7-10,12-13H2,1-3H3,(H,20,25)(H,21,22). The Morgan fingerprint density at radius 1 is 1.50 bits per heavy atom. The molecule has 1 fully saturated rings. The molecule has 1 atom stereocenters. The van der Waals surface area contributed by atoms with Crippen molar-refractivity contribution in [3.8, 4) is 5.75 Å². The fourth-order valence-electron chi connectivity index (χ4n) is 3.40. The summed E-state index contributed by atoms with van der Waals surface area (Å²) in [5, 5.41) is 3.06. The molecule has 1 aromatic heterocycles. The van der Waals surface area contributed by atoms with E-state index in [0.717, 1.165) is 48.8 Å². The molecule has 2 heterocycles. The monoisotopic (exact) mass is 359 g/mol. The van der Waals surface area contributed by atoms with Crippen LogP contribution in [0.5, 0.6) is 5.75 Å². The van der Waals surface area contributed by atoms with Gasteiger partial charge in [-0.05, 0) is 37.6 Å². The van der Waals surface area contributed by atoms with E-state index in [-0.39, 0.29) is 6.03 Å². The van der Waals surface area contributed by atoms with Gasteiger partial charge in [0.2, 0.25) is 0 Å². The number of carbonyl (C=O) groups is 1. The number of hydrogen-bond acceptors (Lipinski definition) is 4. The zero-order chi connectivity index (χ0) is 18.5. The number of H-pyrrole nitrogens is 1. The predicted molar refractivity (Wildman–Crippen MR) is 103 cm³/mol. The number of benzene rings is 1. The maximum atomic E-state index is 12.3. The number of hydrogen-bond donors (Lipinski definition) is 2. The number of carbonyl (C=O) groups excluding carboxylic acids is 1. The number of urea groups is 1. The molecule has 0 bridgehead atoms. The van der Waals surface area contributed by atoms with E-state index >= 15 is 0 Å². The largest absolute Gasteiger partial charge is 0.497 e. The van der Waals surface area contributed by atoms with Gasteiger partial charge < -0.3 is 24.8 Å². The van der Waals surface area contributed by atoms with E-state index in [1.165, 1.54) is 6.42 Å². The molecule has 1 saturated heterocycles. The number of likely N-dealkylation sites (N-methyl/N-ethyl adjacent to an activating group) is 1. The van der Waals surface area contributed by atoms with E-state index in [1.54, 1.807) is 12.0 Å². The molecule has 3 rings (SSSR count). The summed E-state index contributed by atoms with van der Waals surface area (Å²) >= 11 is 0. The number of imidazole rings is 1. The van der Waals surface area contributed by atoms with Gasteiger partial charge in [0, 0.05) is 39.2 Å². The Morgan fingerprint density at radius 3 is 3.08 bits per heavy atom. The summed E-state index contributed by atoms with van der Waals surface area (Å²) in [7, 11) is 3.48. The Morgan fingerprint density at radius 2 is 2.35 bits per heavy atom. The number of methoxy groups -OCH3 is 1. The van der Waals surface area contributed by atoms with Crippen LogP contribution in [0, 0.1) is 5.92 Å². The second-order valence-electron chi connectivity index (χ2n) is 6.97. The quantitative estimate of drug-likeness (QED) is 0.794. The van der Waals surface area contributed by atoms with E-state index in [4.69, 9.17) is 4.74 Å². The predicted octanol–water partition coefficient (Wildman–Crippen LogP) is 2.10. The summed E-state index contributed by atoms with van der Waals surface area (Å²) in [4.78, 5) is 24.3. The van der Waals surface area contributed by atoms with Crippen LogP contribution >= 0.6 is 0 Å². The molecule has 1 unspecified atom stereocenters. The number of fused-ring (bicyclic) bond motifs is 1. The summed E-state index contributed by atoms with van der Waals surface area (Å²) in [6, 6.07) is 5.75. The number of ether oxygens (including phenoxy) is 1. The van der Waals surface area contributed by atoms with Gasteiger partial charge in [-0.25, -0.2) is 9.78 Å². The number of nitrogens with zero attached hydrogens (tertiary/aromatic N) is 3. The molecule has 142 valence electrons. The normalized spacial score (nSPS) is 17.6. The van der Waals surface area contributed by atoms with Gasteiger partial charge in [-0.3, -0.25) is 0 Å². The topological polar surface area (TPSA) is 73.5 Å². The second-order valence-corrected chi connectivity index (χ2v) is 6.97. The van der Waals surface area contributed by atoms with Crippen molar-refractivity contribution in [1.82, 2.24) is 25.1 Å². The van der Waals surface area contributed by atoms with Gasteiger partial charge in [-0.15, -0.1) is 0 Å². The summed E-state index contributed by atoms with van der Waals surface area (Å²) in [6.45, 7) is 6.88. The third-order valence-corrected chi connectivity index (χ3v) is 5.13. The van der Waals surface area contributed by atoms with Crippen LogP contribution in [0.2, 0.25) is 0 Å². The van der Waals surface area contributed by atoms with Gasteiger partial charge in [-0.2, -0.15) is 0 Å². The first kappa shape index (κ1) is 18.5. The minimum atomic E-state index is -0.0160. The molecular formula is C19H29N5O2. The van der Waals surface area contributed by atoms with Gasteiger partial charge in [0.15, 0.2) is 0 Å². The lowest BCUT2D eigenvalue weighted by molar-refractivity contribution is 0.207. The highest BCUT2D eigenvalue weighted by atomic mass is 16.5. The highest BCUT2D eigenvalue weighted by Gasteiger charge is 2.22. The number of likely N-dealkylation sites (tertiary alicyclic amines) is 1. The van der Waals surface area contributed by atoms with Gasteiger partial charge >= 0.3 is 6.03 Å². The van der Waals surface area contributed by atoms with Crippen LogP contribution in [-0.2, 0) is 6.42 Å². The first-order chi connectivity index (χ1) is 12.6. The van der Waals surface area contributed by atoms with Crippen molar-refractivity contribution in [2.75, 3.05) is 46.9 Å². The van der Waals surface area contributed by atoms with Crippen LogP contribution in [0.3, 0.4) is 0 Å². The van der Waals surface area contributed by atoms with Crippen molar-refractivity contribution >= 4 is 17.1 Å². The highest BCUT2D eigenvalue weighted by molar-refractivity contribution is 5.77. The molecule has 0 saturated carbocycles. The number of amides is 2. The summed E-state index contributed by atoms with van der Waals surface area (Å²) in [6.07, 6.45) is 1.86. The van der Waals surface area contributed by atoms with E-state index in [0.29, 0.717) is 18.9 Å². The number of rotatable bonds is 7. The zero-order valence-electron chi connectivity index (χ0n) is 15.9. The summed E-state index contributed by atoms with van der Waals surface area (Å²) in [5.41, 5.74) is 1.86. The van der Waals surface area contributed by atoms with E-state index < -0.39 is 0 Å². The summed E-state index contributed by atoms with van der Waals surface area (Å²) < 4.78 is 5.23. The fraction of sp³-hybridized carbons (Fsp3) is 0.579. The smallest absolute Gasteiger partial charge is 0.317 e. The number of aromatic nitrogens is 2. The Hall–Kier alpha value is -2.28. The van der Waals surface area contributed by atoms with E-state index in [2.05, 4.69) is 27.1 Å². The molecule has 1 aliphatic heterocycles. The van der Waals surface area contributed by atoms with Gasteiger partial charge in [0.1, 0.15) is 11.6 Å². The molecule has 2 N–H and O–H groups in total. The van der Waals surface area contributed by atoms with Crippen LogP contribution in [0.15, 0.2) is 18.2 Å². The second kappa shape index (κ2) is 8.40. The number of aromatic amines is 1. The van der Waals surface area contributed by atoms with Crippen molar-refractivity contribution in [2.45, 2.75) is 19.8 Å². The minimum Gasteiger partial charge on any atom is -0.497 e. The van der Waals surface area contributed by atoms with Crippen LogP contribution in [0.25, 0.3) is 11.0 Å². The van der Waals surface area contributed by atoms with Crippen LogP contribution < -0.4 is 10.1 Å². The lowest BCUT2D eigenvalue weighted by Crippen LogP contribution is -2.41. The maximum absolute atomic E-state index is 12.3. The van der Waals surface area contributed by atoms with Crippen molar-refractivity contribution in [2.24, 2.45) is 5.92 Å². The van der Waals surface area contributed by atoms with E-state index in [9.17, 15) is 4.79 Å². The van der Waals surface area contributed by atoms with Crippen molar-refractivity contribution in [3.05, 3.63) is 24.0 Å². The molecule has 0 aliphatic carbocycles. The average Bonchev–Trinajstić information content (AvgIpc) is 3.29. The molecule has 26 heavy (non-hydrogen) atoms. The van der Waals surface area contributed by atoms with Gasteiger partial charge in [0.25, 0.3) is 0 Å². The maximum Gasteiger partial charge on any atom is 0.317 e. The summed E-state index contributed by atoms with van der Waals surface area (Å²) in [5.74, 6) is 2.25. The third kappa shape index (κ3) is 4.46. The van der Waals surface area contributed by atoms with Crippen LogP contribution in [-0.4, -0.2) is 72.7 Å². The Bertz CT molecular complexity index is 745. The molecular weight excluding hydrogens is 330 g/mol. The molecule has 0 radical (unpaired) electrons. The first-order valence-corrected chi connectivity index (χ1v) is 9.33. The molecule has 2 aromatic rings. The van der Waals surface area contributed by atoms with Crippen molar-refractivity contribution < 1.29 is 9.53 Å². The number of nitrogens with one attached hydrogen (secondary N) is 2. The Labute approximate surface area is 154 Å². The lowest BCUT2D eigenvalue weighted by Gasteiger charge is -2.19. The van der Waals surface area contributed by atoms with Crippen molar-refractivity contribution in [3.63, 3.8) is 0 Å². The highest BCUT2D eigenvalue weighted by Crippen LogP contribution is 2.19. The van der Waals surface area contributed by atoms with Crippen molar-refractivity contribution in [1.29, 1.82) is 0 Å². The third-order valence-electron chi connectivity index (χ3n) is 5.13. The van der Waals surface area contributed by atoms with Crippen LogP contribution in [0.4, 0.5) is 4.79 Å². The molecule has 7 heteroatoms. The van der Waals surface area contributed by atoms with Gasteiger partial charge in [0.05, 0.1) is 18.1 Å². The Kier molecular flexibility index (Phi) is 5.98. The molecule has 0 spiro atoms. The lowest BCUT2D eigenvalue weighted by atomic mass is 10.1. The molecule has 1 aromatic carbocycles. The average molecular weight is 359 g/mol. The molecule has 1 aliphatic rings.